The van der Waals surface area contributed by atoms with E-state index in [9.17, 15) is 0 Å². The van der Waals surface area contributed by atoms with Crippen LogP contribution < -0.4 is 22.8 Å². The van der Waals surface area contributed by atoms with Crippen LogP contribution in [0.5, 0.6) is 0 Å². The molecule has 452 valence electrons. The monoisotopic (exact) mass is 1160 g/mol. The molecule has 0 bridgehead atoms. The first-order chi connectivity index (χ1) is 40.8. The van der Waals surface area contributed by atoms with Gasteiger partial charge >= 0.3 is 0 Å². The third-order valence-electron chi connectivity index (χ3n) is 18.1. The van der Waals surface area contributed by atoms with E-state index in [1.54, 1.807) is 0 Å². The van der Waals surface area contributed by atoms with Crippen molar-refractivity contribution in [2.45, 2.75) is 152 Å². The summed E-state index contributed by atoms with van der Waals surface area (Å²) in [4.78, 5) is 0. The average Bonchev–Trinajstić information content (AvgIpc) is 3.51. The van der Waals surface area contributed by atoms with Crippen LogP contribution in [-0.4, -0.2) is 0 Å². The number of hydrogen-bond acceptors (Lipinski definition) is 0. The van der Waals surface area contributed by atoms with Crippen LogP contribution in [0.3, 0.4) is 0 Å². The Labute approximate surface area is 526 Å². The summed E-state index contributed by atoms with van der Waals surface area (Å²) in [6, 6.07) is 40.3. The Morgan fingerprint density at radius 2 is 0.494 bits per heavy atom. The van der Waals surface area contributed by atoms with Crippen molar-refractivity contribution in [3.8, 4) is 56.3 Å². The molecular weight excluding hydrogens is 1050 g/mol. The van der Waals surface area contributed by atoms with E-state index >= 15 is 0 Å². The van der Waals surface area contributed by atoms with Gasteiger partial charge in [-0.3, -0.25) is 0 Å². The molecule has 0 N–H and O–H groups in total. The SMILES string of the molecule is Cc1cc(-c2cccc(C)c2C)[n+](C)cc1C.Cc1cc(C)c(-c2cc(C)c(C)c[n+]2C)cc1C.Cc1cc(C)c(C)c(-c2cc(C)c(C)c[n+]2C)c1.Cc1ccc(-c2cc(C)c(C)c[n+]2C)c(C)c1.Cc1ccc(C)c(-c2cc(C)c(C)c[n+]2C)c1. The van der Waals surface area contributed by atoms with E-state index in [0.29, 0.717) is 0 Å². The molecule has 0 spiro atoms. The Kier molecular flexibility index (Phi) is 22.7. The first-order valence-corrected chi connectivity index (χ1v) is 31.0. The van der Waals surface area contributed by atoms with Gasteiger partial charge in [-0.05, 0) is 261 Å². The topological polar surface area (TPSA) is 19.4 Å². The van der Waals surface area contributed by atoms with Crippen molar-refractivity contribution >= 4 is 0 Å². The van der Waals surface area contributed by atoms with Crippen LogP contribution in [0.4, 0.5) is 0 Å². The lowest BCUT2D eigenvalue weighted by Gasteiger charge is -2.10. The van der Waals surface area contributed by atoms with Crippen molar-refractivity contribution in [2.24, 2.45) is 35.2 Å². The number of aromatic nitrogens is 5. The van der Waals surface area contributed by atoms with Crippen LogP contribution in [0, 0.1) is 152 Å². The van der Waals surface area contributed by atoms with Gasteiger partial charge in [-0.1, -0.05) is 65.2 Å². The lowest BCUT2D eigenvalue weighted by atomic mass is 9.96. The van der Waals surface area contributed by atoms with E-state index in [4.69, 9.17) is 0 Å². The molecule has 5 nitrogen and oxygen atoms in total. The van der Waals surface area contributed by atoms with Gasteiger partial charge in [0.05, 0.1) is 0 Å². The Bertz CT molecular complexity index is 4060. The summed E-state index contributed by atoms with van der Waals surface area (Å²) < 4.78 is 11.1. The molecule has 0 amide bonds. The van der Waals surface area contributed by atoms with Gasteiger partial charge in [-0.15, -0.1) is 0 Å². The number of benzene rings is 5. The van der Waals surface area contributed by atoms with Gasteiger partial charge in [0.1, 0.15) is 35.2 Å². The molecule has 5 heteroatoms. The number of nitrogens with zero attached hydrogens (tertiary/aromatic N) is 5. The molecule has 0 saturated heterocycles. The Balaban J connectivity index is 0.000000174. The molecule has 0 atom stereocenters. The third kappa shape index (κ3) is 16.7. The second kappa shape index (κ2) is 29.0. The van der Waals surface area contributed by atoms with E-state index in [2.05, 4.69) is 351 Å². The fraction of sp³-hybridized carbons (Fsp3) is 0.329. The number of rotatable bonds is 5. The Morgan fingerprint density at radius 1 is 0.184 bits per heavy atom. The van der Waals surface area contributed by atoms with E-state index in [0.717, 1.165) is 0 Å². The van der Waals surface area contributed by atoms with Crippen LogP contribution in [0.15, 0.2) is 140 Å². The molecule has 0 radical (unpaired) electrons. The predicted molar refractivity (Wildman–Crippen MR) is 369 cm³/mol. The molecule has 5 aromatic heterocycles. The highest BCUT2D eigenvalue weighted by atomic mass is 14.9. The zero-order valence-electron chi connectivity index (χ0n) is 58.5. The van der Waals surface area contributed by atoms with Crippen LogP contribution in [-0.2, 0) is 35.2 Å². The molecule has 10 rings (SSSR count). The molecule has 10 aromatic rings. The summed E-state index contributed by atoms with van der Waals surface area (Å²) in [7, 11) is 10.6. The van der Waals surface area contributed by atoms with Crippen molar-refractivity contribution in [3.63, 3.8) is 0 Å². The van der Waals surface area contributed by atoms with Gasteiger partial charge in [0, 0.05) is 86.0 Å². The average molecular weight is 1160 g/mol. The fourth-order valence-corrected chi connectivity index (χ4v) is 11.4. The minimum absolute atomic E-state index is 1.28. The highest BCUT2D eigenvalue weighted by Gasteiger charge is 2.20. The summed E-state index contributed by atoms with van der Waals surface area (Å²) in [5.41, 5.74) is 42.6. The van der Waals surface area contributed by atoms with E-state index in [-0.39, 0.29) is 0 Å². The maximum atomic E-state index is 2.30. The standard InChI is InChI=1S/2C17H22N.3C16H20N/c1-11-7-14(4)16(8-12(11)2)17-9-13(3)15(5)10-18(17)6;1-11-7-13(3)15(5)16(8-11)17-9-12(2)14(4)10-18(17)6;1-11-6-7-15(13(3)8-11)16-9-12(2)14(4)10-17(16)5;1-11-6-7-12(2)15(8-11)16-9-13(3)14(4)10-17(16)5;1-11-7-6-8-15(14(11)4)16-9-12(2)13(3)10-17(16)5/h2*7-10H,1-6H3;3*6-10H,1-5H3/q5*+1. The lowest BCUT2D eigenvalue weighted by Crippen LogP contribution is -2.31. The zero-order chi connectivity index (χ0) is 64.6. The molecule has 5 aromatic carbocycles. The highest BCUT2D eigenvalue weighted by Crippen LogP contribution is 2.29. The molecule has 0 saturated carbocycles. The van der Waals surface area contributed by atoms with Gasteiger partial charge in [0.2, 0.25) is 28.5 Å². The van der Waals surface area contributed by atoms with E-state index in [1.807, 2.05) is 0 Å². The molecular formula is C82H104N5+5. The molecule has 5 heterocycles. The zero-order valence-corrected chi connectivity index (χ0v) is 58.5. The summed E-state index contributed by atoms with van der Waals surface area (Å²) >= 11 is 0. The number of hydrogen-bond donors (Lipinski definition) is 0. The second-order valence-electron chi connectivity index (χ2n) is 25.6. The molecule has 0 aliphatic heterocycles. The van der Waals surface area contributed by atoms with Crippen LogP contribution >= 0.6 is 0 Å². The predicted octanol–water partition coefficient (Wildman–Crippen LogP) is 17.7. The third-order valence-corrected chi connectivity index (χ3v) is 18.1. The lowest BCUT2D eigenvalue weighted by molar-refractivity contribution is -0.660. The number of pyridine rings is 5. The van der Waals surface area contributed by atoms with E-state index in [1.165, 1.54) is 179 Å². The van der Waals surface area contributed by atoms with Crippen LogP contribution in [0.25, 0.3) is 56.3 Å². The largest absolute Gasteiger partial charge is 0.212 e. The fourth-order valence-electron chi connectivity index (χ4n) is 11.4. The first-order valence-electron chi connectivity index (χ1n) is 31.0. The van der Waals surface area contributed by atoms with E-state index < -0.39 is 0 Å². The Hall–Kier alpha value is -8.15. The van der Waals surface area contributed by atoms with Crippen molar-refractivity contribution in [2.75, 3.05) is 0 Å². The summed E-state index contributed by atoms with van der Waals surface area (Å²) in [6.07, 6.45) is 11.0. The number of aryl methyl sites for hydroxylation is 25. The summed E-state index contributed by atoms with van der Waals surface area (Å²) in [5, 5.41) is 0. The molecule has 0 unspecified atom stereocenters. The van der Waals surface area contributed by atoms with Crippen LogP contribution in [0.2, 0.25) is 0 Å². The van der Waals surface area contributed by atoms with Gasteiger partial charge in [0.25, 0.3) is 0 Å². The quantitative estimate of drug-likeness (QED) is 0.153. The smallest absolute Gasteiger partial charge is 0.201 e. The van der Waals surface area contributed by atoms with Gasteiger partial charge < -0.3 is 0 Å². The summed E-state index contributed by atoms with van der Waals surface area (Å²) in [5.74, 6) is 0. The van der Waals surface area contributed by atoms with Crippen molar-refractivity contribution in [1.82, 2.24) is 0 Å². The molecule has 87 heavy (non-hydrogen) atoms. The van der Waals surface area contributed by atoms with Crippen molar-refractivity contribution in [3.05, 3.63) is 263 Å². The summed E-state index contributed by atoms with van der Waals surface area (Å²) in [6.45, 7) is 47.7. The molecule has 0 aliphatic carbocycles. The maximum Gasteiger partial charge on any atom is 0.212 e. The minimum Gasteiger partial charge on any atom is -0.201 e. The molecule has 0 fully saturated rings. The van der Waals surface area contributed by atoms with Crippen LogP contribution in [0.1, 0.15) is 122 Å². The first kappa shape index (κ1) is 68.0. The normalized spacial score (nSPS) is 10.7. The maximum absolute atomic E-state index is 2.30. The van der Waals surface area contributed by atoms with Crippen molar-refractivity contribution in [1.29, 1.82) is 0 Å². The molecule has 0 aliphatic rings. The van der Waals surface area contributed by atoms with Crippen molar-refractivity contribution < 1.29 is 22.8 Å². The van der Waals surface area contributed by atoms with Gasteiger partial charge in [-0.25, -0.2) is 22.8 Å². The minimum atomic E-state index is 1.28. The highest BCUT2D eigenvalue weighted by molar-refractivity contribution is 5.67. The van der Waals surface area contributed by atoms with Gasteiger partial charge in [-0.2, -0.15) is 0 Å². The second-order valence-corrected chi connectivity index (χ2v) is 25.6. The van der Waals surface area contributed by atoms with Gasteiger partial charge in [0.15, 0.2) is 31.0 Å². The Morgan fingerprint density at radius 3 is 0.931 bits per heavy atom.